The van der Waals surface area contributed by atoms with Gasteiger partial charge in [0.15, 0.2) is 0 Å². The van der Waals surface area contributed by atoms with Crippen LogP contribution in [0.25, 0.3) is 22.1 Å². The number of halogens is 1. The molecule has 0 bridgehead atoms. The Morgan fingerprint density at radius 3 is 2.56 bits per heavy atom. The van der Waals surface area contributed by atoms with Crippen molar-refractivity contribution in [2.75, 3.05) is 13.7 Å². The summed E-state index contributed by atoms with van der Waals surface area (Å²) < 4.78 is 15.6. The van der Waals surface area contributed by atoms with Crippen molar-refractivity contribution in [3.63, 3.8) is 0 Å². The van der Waals surface area contributed by atoms with Crippen LogP contribution in [0.5, 0.6) is 5.75 Å². The summed E-state index contributed by atoms with van der Waals surface area (Å²) in [5.41, 5.74) is 1.40. The topological polar surface area (TPSA) is 65.7 Å². The molecule has 1 heterocycles. The number of ether oxygens (including phenoxy) is 2. The molecule has 6 heteroatoms. The highest BCUT2D eigenvalue weighted by Gasteiger charge is 2.15. The van der Waals surface area contributed by atoms with E-state index in [1.807, 2.05) is 0 Å². The maximum Gasteiger partial charge on any atom is 0.337 e. The van der Waals surface area contributed by atoms with E-state index in [1.54, 1.807) is 43.3 Å². The average molecular weight is 359 g/mol. The maximum absolute atomic E-state index is 12.8. The first-order chi connectivity index (χ1) is 12.0. The zero-order valence-electron chi connectivity index (χ0n) is 13.7. The number of rotatable bonds is 4. The molecule has 2 aromatic carbocycles. The quantitative estimate of drug-likeness (QED) is 0.521. The summed E-state index contributed by atoms with van der Waals surface area (Å²) in [5, 5.41) is 0.996. The third-order valence-electron chi connectivity index (χ3n) is 3.67. The molecular weight excluding hydrogens is 344 g/mol. The van der Waals surface area contributed by atoms with Crippen LogP contribution in [0.15, 0.2) is 51.7 Å². The van der Waals surface area contributed by atoms with E-state index in [0.29, 0.717) is 27.3 Å². The van der Waals surface area contributed by atoms with E-state index in [1.165, 1.54) is 13.2 Å². The molecule has 3 rings (SSSR count). The third kappa shape index (κ3) is 3.57. The Bertz CT molecular complexity index is 989. The van der Waals surface area contributed by atoms with Crippen molar-refractivity contribution < 1.29 is 18.7 Å². The lowest BCUT2D eigenvalue weighted by Crippen LogP contribution is -2.14. The monoisotopic (exact) mass is 358 g/mol. The molecule has 0 N–H and O–H groups in total. The number of fused-ring (bicyclic) bond motifs is 1. The molecular formula is C19H15ClO5. The predicted octanol–water partition coefficient (Wildman–Crippen LogP) is 3.97. The fourth-order valence-electron chi connectivity index (χ4n) is 2.58. The van der Waals surface area contributed by atoms with Crippen molar-refractivity contribution >= 4 is 28.5 Å². The molecule has 0 amide bonds. The van der Waals surface area contributed by atoms with Gasteiger partial charge in [-0.3, -0.25) is 4.79 Å². The summed E-state index contributed by atoms with van der Waals surface area (Å²) in [6, 6.07) is 11.6. The Balaban J connectivity index is 2.07. The molecule has 25 heavy (non-hydrogen) atoms. The van der Waals surface area contributed by atoms with Gasteiger partial charge in [-0.05, 0) is 36.8 Å². The first-order valence-corrected chi connectivity index (χ1v) is 7.90. The van der Waals surface area contributed by atoms with Crippen LogP contribution in [0.1, 0.15) is 5.76 Å². The molecule has 0 saturated carbocycles. The molecule has 1 aromatic heterocycles. The molecule has 0 fully saturated rings. The number of hydrogen-bond acceptors (Lipinski definition) is 5. The average Bonchev–Trinajstić information content (AvgIpc) is 2.56. The zero-order chi connectivity index (χ0) is 18.0. The van der Waals surface area contributed by atoms with Crippen molar-refractivity contribution in [1.82, 2.24) is 0 Å². The summed E-state index contributed by atoms with van der Waals surface area (Å²) in [6.07, 6.45) is 0. The minimum atomic E-state index is -0.529. The van der Waals surface area contributed by atoms with Crippen molar-refractivity contribution in [2.45, 2.75) is 6.92 Å². The number of benzene rings is 2. The molecule has 0 aliphatic carbocycles. The minimum absolute atomic E-state index is 0.156. The molecule has 0 saturated heterocycles. The van der Waals surface area contributed by atoms with E-state index in [9.17, 15) is 9.59 Å². The van der Waals surface area contributed by atoms with E-state index in [-0.39, 0.29) is 17.8 Å². The van der Waals surface area contributed by atoms with E-state index >= 15 is 0 Å². The fraction of sp³-hybridized carbons (Fsp3) is 0.158. The molecule has 0 atom stereocenters. The summed E-state index contributed by atoms with van der Waals surface area (Å²) in [4.78, 5) is 24.3. The second-order valence-electron chi connectivity index (χ2n) is 5.43. The van der Waals surface area contributed by atoms with Crippen LogP contribution in [-0.2, 0) is 9.53 Å². The Kier molecular flexibility index (Phi) is 4.88. The van der Waals surface area contributed by atoms with Crippen LogP contribution in [0.2, 0.25) is 5.02 Å². The van der Waals surface area contributed by atoms with Crippen LogP contribution in [-0.4, -0.2) is 19.7 Å². The number of carbonyl (C=O) groups is 1. The van der Waals surface area contributed by atoms with Gasteiger partial charge < -0.3 is 13.9 Å². The minimum Gasteiger partial charge on any atom is -0.460 e. The first-order valence-electron chi connectivity index (χ1n) is 7.52. The summed E-state index contributed by atoms with van der Waals surface area (Å²) in [7, 11) is 1.41. The zero-order valence-corrected chi connectivity index (χ0v) is 14.4. The standard InChI is InChI=1S/C19H15ClO5/c1-11-18(12-3-5-13(20)6-4-12)19(22)15-8-7-14(9-16(15)24-11)25-17(21)10-23-2/h3-9H,10H2,1-2H3. The van der Waals surface area contributed by atoms with E-state index in [2.05, 4.69) is 0 Å². The molecule has 0 aliphatic rings. The molecule has 0 radical (unpaired) electrons. The summed E-state index contributed by atoms with van der Waals surface area (Å²) >= 11 is 5.90. The summed E-state index contributed by atoms with van der Waals surface area (Å²) in [6.45, 7) is 1.56. The number of methoxy groups -OCH3 is 1. The SMILES string of the molecule is COCC(=O)Oc1ccc2c(=O)c(-c3ccc(Cl)cc3)c(C)oc2c1. The summed E-state index contributed by atoms with van der Waals surface area (Å²) in [5.74, 6) is 0.232. The number of esters is 1. The Labute approximate surface area is 148 Å². The van der Waals surface area contributed by atoms with E-state index < -0.39 is 5.97 Å². The molecule has 5 nitrogen and oxygen atoms in total. The number of carbonyl (C=O) groups excluding carboxylic acids is 1. The van der Waals surface area contributed by atoms with Gasteiger partial charge in [0.2, 0.25) is 5.43 Å². The van der Waals surface area contributed by atoms with Crippen molar-refractivity contribution in [2.24, 2.45) is 0 Å². The second-order valence-corrected chi connectivity index (χ2v) is 5.87. The van der Waals surface area contributed by atoms with Gasteiger partial charge in [-0.15, -0.1) is 0 Å². The lowest BCUT2D eigenvalue weighted by Gasteiger charge is -2.09. The van der Waals surface area contributed by atoms with Gasteiger partial charge in [-0.1, -0.05) is 23.7 Å². The van der Waals surface area contributed by atoms with E-state index in [4.69, 9.17) is 25.5 Å². The highest BCUT2D eigenvalue weighted by Crippen LogP contribution is 2.27. The second kappa shape index (κ2) is 7.09. The van der Waals surface area contributed by atoms with Gasteiger partial charge in [0.05, 0.1) is 10.9 Å². The Hall–Kier alpha value is -2.63. The smallest absolute Gasteiger partial charge is 0.337 e. The highest BCUT2D eigenvalue weighted by molar-refractivity contribution is 6.30. The van der Waals surface area contributed by atoms with Gasteiger partial charge in [0.1, 0.15) is 23.7 Å². The number of aryl methyl sites for hydroxylation is 1. The van der Waals surface area contributed by atoms with Gasteiger partial charge in [0, 0.05) is 18.2 Å². The Morgan fingerprint density at radius 2 is 1.88 bits per heavy atom. The van der Waals surface area contributed by atoms with Crippen LogP contribution < -0.4 is 10.2 Å². The lowest BCUT2D eigenvalue weighted by molar-refractivity contribution is -0.138. The van der Waals surface area contributed by atoms with Crippen LogP contribution >= 0.6 is 11.6 Å². The molecule has 0 spiro atoms. The maximum atomic E-state index is 12.8. The normalized spacial score (nSPS) is 10.8. The van der Waals surface area contributed by atoms with Gasteiger partial charge in [0.25, 0.3) is 0 Å². The van der Waals surface area contributed by atoms with Gasteiger partial charge in [-0.2, -0.15) is 0 Å². The fourth-order valence-corrected chi connectivity index (χ4v) is 2.70. The Morgan fingerprint density at radius 1 is 1.16 bits per heavy atom. The molecule has 3 aromatic rings. The highest BCUT2D eigenvalue weighted by atomic mass is 35.5. The lowest BCUT2D eigenvalue weighted by atomic mass is 10.0. The number of hydrogen-bond donors (Lipinski definition) is 0. The van der Waals surface area contributed by atoms with Gasteiger partial charge >= 0.3 is 5.97 Å². The molecule has 128 valence electrons. The van der Waals surface area contributed by atoms with Crippen molar-refractivity contribution in [1.29, 1.82) is 0 Å². The predicted molar refractivity (Wildman–Crippen MR) is 95.2 cm³/mol. The van der Waals surface area contributed by atoms with Crippen LogP contribution in [0.4, 0.5) is 0 Å². The van der Waals surface area contributed by atoms with Gasteiger partial charge in [-0.25, -0.2) is 4.79 Å². The molecule has 0 aliphatic heterocycles. The largest absolute Gasteiger partial charge is 0.460 e. The third-order valence-corrected chi connectivity index (χ3v) is 3.92. The van der Waals surface area contributed by atoms with Crippen LogP contribution in [0, 0.1) is 6.92 Å². The van der Waals surface area contributed by atoms with Crippen LogP contribution in [0.3, 0.4) is 0 Å². The molecule has 0 unspecified atom stereocenters. The first kappa shape index (κ1) is 17.2. The van der Waals surface area contributed by atoms with Crippen molar-refractivity contribution in [3.05, 3.63) is 63.5 Å². The van der Waals surface area contributed by atoms with E-state index in [0.717, 1.165) is 5.56 Å². The van der Waals surface area contributed by atoms with Crippen molar-refractivity contribution in [3.8, 4) is 16.9 Å².